The van der Waals surface area contributed by atoms with Crippen LogP contribution in [-0.2, 0) is 0 Å². The molecular weight excluding hydrogens is 198 g/mol. The maximum Gasteiger partial charge on any atom is 0.142 e. The molecule has 1 aromatic carbocycles. The van der Waals surface area contributed by atoms with Gasteiger partial charge in [-0.2, -0.15) is 0 Å². The van der Waals surface area contributed by atoms with E-state index >= 15 is 0 Å². The van der Waals surface area contributed by atoms with Gasteiger partial charge in [0.05, 0.1) is 12.6 Å². The van der Waals surface area contributed by atoms with Gasteiger partial charge < -0.3 is 9.72 Å². The molecule has 0 amide bonds. The van der Waals surface area contributed by atoms with Crippen molar-refractivity contribution in [2.75, 3.05) is 7.11 Å². The Kier molecular flexibility index (Phi) is 3.18. The van der Waals surface area contributed by atoms with Crippen molar-refractivity contribution in [1.82, 2.24) is 4.98 Å². The number of methoxy groups -OCH3 is 1. The number of hydrogen-bond acceptors (Lipinski definition) is 1. The molecule has 2 rings (SSSR count). The summed E-state index contributed by atoms with van der Waals surface area (Å²) in [5.74, 6) is 1.53. The molecule has 86 valence electrons. The van der Waals surface area contributed by atoms with Crippen LogP contribution in [0.5, 0.6) is 5.75 Å². The summed E-state index contributed by atoms with van der Waals surface area (Å²) in [5, 5.41) is 1.29. The lowest BCUT2D eigenvalue weighted by molar-refractivity contribution is 0.419. The number of aromatic amines is 1. The Hall–Kier alpha value is -1.44. The molecule has 0 saturated heterocycles. The first kappa shape index (κ1) is 11.1. The summed E-state index contributed by atoms with van der Waals surface area (Å²) in [6, 6.07) is 6.21. The van der Waals surface area contributed by atoms with E-state index in [-0.39, 0.29) is 0 Å². The van der Waals surface area contributed by atoms with Gasteiger partial charge in [0.2, 0.25) is 0 Å². The van der Waals surface area contributed by atoms with Crippen molar-refractivity contribution in [1.29, 1.82) is 0 Å². The monoisotopic (exact) mass is 217 g/mol. The molecule has 1 aromatic heterocycles. The highest BCUT2D eigenvalue weighted by Gasteiger charge is 2.12. The fraction of sp³-hybridized carbons (Fsp3) is 0.429. The fourth-order valence-electron chi connectivity index (χ4n) is 2.31. The quantitative estimate of drug-likeness (QED) is 0.820. The van der Waals surface area contributed by atoms with Gasteiger partial charge in [-0.1, -0.05) is 32.4 Å². The molecule has 2 heteroatoms. The topological polar surface area (TPSA) is 25.0 Å². The third-order valence-corrected chi connectivity index (χ3v) is 3.18. The van der Waals surface area contributed by atoms with Crippen molar-refractivity contribution in [3.8, 4) is 5.75 Å². The molecule has 0 radical (unpaired) electrons. The SMILES string of the molecule is CCCC(C)c1c[nH]c2c(OC)cccc12. The summed E-state index contributed by atoms with van der Waals surface area (Å²) >= 11 is 0. The Morgan fingerprint density at radius 3 is 2.88 bits per heavy atom. The number of nitrogens with one attached hydrogen (secondary N) is 1. The van der Waals surface area contributed by atoms with E-state index in [0.717, 1.165) is 11.3 Å². The molecule has 1 heterocycles. The molecule has 16 heavy (non-hydrogen) atoms. The molecule has 2 aromatic rings. The van der Waals surface area contributed by atoms with Crippen LogP contribution in [0.3, 0.4) is 0 Å². The van der Waals surface area contributed by atoms with Crippen molar-refractivity contribution in [3.63, 3.8) is 0 Å². The maximum atomic E-state index is 5.35. The summed E-state index contributed by atoms with van der Waals surface area (Å²) < 4.78 is 5.35. The van der Waals surface area contributed by atoms with Crippen LogP contribution in [0.1, 0.15) is 38.2 Å². The summed E-state index contributed by atoms with van der Waals surface area (Å²) in [6.45, 7) is 4.51. The van der Waals surface area contributed by atoms with Gasteiger partial charge in [-0.25, -0.2) is 0 Å². The van der Waals surface area contributed by atoms with Crippen LogP contribution in [-0.4, -0.2) is 12.1 Å². The number of aromatic nitrogens is 1. The molecule has 0 aliphatic rings. The lowest BCUT2D eigenvalue weighted by Gasteiger charge is -2.09. The van der Waals surface area contributed by atoms with Gasteiger partial charge in [0.1, 0.15) is 5.75 Å². The van der Waals surface area contributed by atoms with E-state index in [1.165, 1.54) is 23.8 Å². The van der Waals surface area contributed by atoms with E-state index in [2.05, 4.69) is 37.2 Å². The number of rotatable bonds is 4. The van der Waals surface area contributed by atoms with E-state index in [4.69, 9.17) is 4.74 Å². The number of benzene rings is 1. The first-order valence-electron chi connectivity index (χ1n) is 5.92. The molecule has 0 saturated carbocycles. The molecular formula is C14H19NO. The van der Waals surface area contributed by atoms with Crippen LogP contribution in [0.15, 0.2) is 24.4 Å². The zero-order valence-electron chi connectivity index (χ0n) is 10.2. The molecule has 0 fully saturated rings. The van der Waals surface area contributed by atoms with E-state index in [0.29, 0.717) is 5.92 Å². The number of hydrogen-bond donors (Lipinski definition) is 1. The standard InChI is InChI=1S/C14H19NO/c1-4-6-10(2)12-9-15-14-11(12)7-5-8-13(14)16-3/h5,7-10,15H,4,6H2,1-3H3. The number of para-hydroxylation sites is 1. The van der Waals surface area contributed by atoms with Crippen molar-refractivity contribution in [2.45, 2.75) is 32.6 Å². The number of fused-ring (bicyclic) bond motifs is 1. The minimum atomic E-state index is 0.603. The van der Waals surface area contributed by atoms with Crippen LogP contribution in [0.2, 0.25) is 0 Å². The van der Waals surface area contributed by atoms with Crippen molar-refractivity contribution in [2.24, 2.45) is 0 Å². The lowest BCUT2D eigenvalue weighted by atomic mass is 9.96. The second kappa shape index (κ2) is 4.60. The van der Waals surface area contributed by atoms with E-state index in [1.54, 1.807) is 7.11 Å². The highest BCUT2D eigenvalue weighted by molar-refractivity contribution is 5.88. The first-order chi connectivity index (χ1) is 7.77. The molecule has 1 unspecified atom stereocenters. The third kappa shape index (κ3) is 1.80. The van der Waals surface area contributed by atoms with Crippen LogP contribution in [0.25, 0.3) is 10.9 Å². The van der Waals surface area contributed by atoms with E-state index in [1.807, 2.05) is 6.07 Å². The number of ether oxygens (including phenoxy) is 1. The minimum Gasteiger partial charge on any atom is -0.495 e. The van der Waals surface area contributed by atoms with Gasteiger partial charge in [0.25, 0.3) is 0 Å². The van der Waals surface area contributed by atoms with Crippen molar-refractivity contribution >= 4 is 10.9 Å². The molecule has 0 spiro atoms. The summed E-state index contributed by atoms with van der Waals surface area (Å²) in [7, 11) is 1.71. The Balaban J connectivity index is 2.48. The van der Waals surface area contributed by atoms with Crippen LogP contribution < -0.4 is 4.74 Å². The van der Waals surface area contributed by atoms with E-state index in [9.17, 15) is 0 Å². The average molecular weight is 217 g/mol. The zero-order chi connectivity index (χ0) is 11.5. The normalized spacial score (nSPS) is 12.9. The second-order valence-electron chi connectivity index (χ2n) is 4.32. The zero-order valence-corrected chi connectivity index (χ0v) is 10.2. The summed E-state index contributed by atoms with van der Waals surface area (Å²) in [4.78, 5) is 3.32. The molecule has 2 nitrogen and oxygen atoms in total. The summed E-state index contributed by atoms with van der Waals surface area (Å²) in [6.07, 6.45) is 4.56. The predicted molar refractivity (Wildman–Crippen MR) is 68.2 cm³/mol. The predicted octanol–water partition coefficient (Wildman–Crippen LogP) is 4.08. The van der Waals surface area contributed by atoms with Gasteiger partial charge in [-0.15, -0.1) is 0 Å². The molecule has 0 bridgehead atoms. The van der Waals surface area contributed by atoms with Gasteiger partial charge >= 0.3 is 0 Å². The Labute approximate surface area is 96.6 Å². The van der Waals surface area contributed by atoms with Gasteiger partial charge in [0, 0.05) is 11.6 Å². The Morgan fingerprint density at radius 1 is 1.38 bits per heavy atom. The number of H-pyrrole nitrogens is 1. The Bertz CT molecular complexity index is 473. The van der Waals surface area contributed by atoms with E-state index < -0.39 is 0 Å². The summed E-state index contributed by atoms with van der Waals surface area (Å²) in [5.41, 5.74) is 2.51. The van der Waals surface area contributed by atoms with Crippen LogP contribution in [0.4, 0.5) is 0 Å². The molecule has 0 aliphatic carbocycles. The molecule has 1 N–H and O–H groups in total. The maximum absolute atomic E-state index is 5.35. The highest BCUT2D eigenvalue weighted by Crippen LogP contribution is 2.32. The third-order valence-electron chi connectivity index (χ3n) is 3.18. The van der Waals surface area contributed by atoms with Crippen LogP contribution in [0, 0.1) is 0 Å². The minimum absolute atomic E-state index is 0.603. The fourth-order valence-corrected chi connectivity index (χ4v) is 2.31. The molecule has 1 atom stereocenters. The molecule has 0 aliphatic heterocycles. The second-order valence-corrected chi connectivity index (χ2v) is 4.32. The van der Waals surface area contributed by atoms with Crippen molar-refractivity contribution < 1.29 is 4.74 Å². The largest absolute Gasteiger partial charge is 0.495 e. The van der Waals surface area contributed by atoms with Gasteiger partial charge in [0.15, 0.2) is 0 Å². The van der Waals surface area contributed by atoms with Gasteiger partial charge in [-0.3, -0.25) is 0 Å². The smallest absolute Gasteiger partial charge is 0.142 e. The van der Waals surface area contributed by atoms with Gasteiger partial charge in [-0.05, 0) is 24.0 Å². The first-order valence-corrected chi connectivity index (χ1v) is 5.92. The van der Waals surface area contributed by atoms with Crippen LogP contribution >= 0.6 is 0 Å². The lowest BCUT2D eigenvalue weighted by Crippen LogP contribution is -1.91. The van der Waals surface area contributed by atoms with Crippen molar-refractivity contribution in [3.05, 3.63) is 30.0 Å². The Morgan fingerprint density at radius 2 is 2.19 bits per heavy atom. The average Bonchev–Trinajstić information content (AvgIpc) is 2.72. The highest BCUT2D eigenvalue weighted by atomic mass is 16.5.